The van der Waals surface area contributed by atoms with Crippen LogP contribution in [0, 0.1) is 0 Å². The molecule has 0 saturated carbocycles. The van der Waals surface area contributed by atoms with Crippen LogP contribution < -0.4 is 25.2 Å². The van der Waals surface area contributed by atoms with E-state index in [0.717, 1.165) is 79.7 Å². The van der Waals surface area contributed by atoms with Gasteiger partial charge < -0.3 is 25.2 Å². The zero-order chi connectivity index (χ0) is 39.9. The third-order valence-corrected chi connectivity index (χ3v) is 11.2. The van der Waals surface area contributed by atoms with Crippen molar-refractivity contribution in [2.75, 3.05) is 36.0 Å². The van der Waals surface area contributed by atoms with Crippen LogP contribution in [0.2, 0.25) is 15.1 Å². The lowest BCUT2D eigenvalue weighted by atomic mass is 10.0. The van der Waals surface area contributed by atoms with Gasteiger partial charge in [-0.25, -0.2) is 9.97 Å². The van der Waals surface area contributed by atoms with E-state index in [2.05, 4.69) is 42.5 Å². The summed E-state index contributed by atoms with van der Waals surface area (Å²) >= 11 is 18.3. The molecule has 10 nitrogen and oxygen atoms in total. The van der Waals surface area contributed by atoms with Crippen LogP contribution in [-0.2, 0) is 4.79 Å². The summed E-state index contributed by atoms with van der Waals surface area (Å²) in [5.41, 5.74) is 0.895. The van der Waals surface area contributed by atoms with Crippen molar-refractivity contribution in [1.29, 1.82) is 0 Å². The van der Waals surface area contributed by atoms with Crippen molar-refractivity contribution >= 4 is 85.8 Å². The van der Waals surface area contributed by atoms with E-state index in [1.165, 1.54) is 12.3 Å². The van der Waals surface area contributed by atoms with Gasteiger partial charge in [-0.2, -0.15) is 0 Å². The maximum Gasteiger partial charge on any atom is 0.308 e. The minimum Gasteiger partial charge on any atom is -0.427 e. The molecule has 4 heterocycles. The fourth-order valence-corrected chi connectivity index (χ4v) is 7.86. The lowest BCUT2D eigenvalue weighted by Crippen LogP contribution is -2.45. The number of hydrogen-bond donors (Lipinski definition) is 2. The number of carbonyl (C=O) groups excluding carboxylic acids is 3. The van der Waals surface area contributed by atoms with Crippen molar-refractivity contribution < 1.29 is 19.1 Å². The first-order chi connectivity index (χ1) is 27.6. The van der Waals surface area contributed by atoms with E-state index in [1.54, 1.807) is 48.7 Å². The molecule has 13 heteroatoms. The molecule has 0 radical (unpaired) electrons. The Kier molecular flexibility index (Phi) is 12.7. The Balaban J connectivity index is 0.000000175. The first-order valence-electron chi connectivity index (χ1n) is 18.8. The van der Waals surface area contributed by atoms with Crippen LogP contribution >= 0.6 is 34.8 Å². The minimum atomic E-state index is -0.413. The molecule has 2 N–H and O–H groups in total. The lowest BCUT2D eigenvalue weighted by Gasteiger charge is -2.33. The number of nitrogens with one attached hydrogen (secondary N) is 2. The smallest absolute Gasteiger partial charge is 0.308 e. The summed E-state index contributed by atoms with van der Waals surface area (Å²) in [7, 11) is 0. The second-order valence-electron chi connectivity index (χ2n) is 14.0. The average Bonchev–Trinajstić information content (AvgIpc) is 3.22. The molecule has 2 aliphatic rings. The highest BCUT2D eigenvalue weighted by molar-refractivity contribution is 6.43. The van der Waals surface area contributed by atoms with Crippen LogP contribution in [0.4, 0.5) is 11.6 Å². The number of pyridine rings is 2. The van der Waals surface area contributed by atoms with Crippen molar-refractivity contribution in [2.45, 2.75) is 44.7 Å². The molecule has 57 heavy (non-hydrogen) atoms. The van der Waals surface area contributed by atoms with Gasteiger partial charge in [0.25, 0.3) is 11.8 Å². The Labute approximate surface area is 346 Å². The largest absolute Gasteiger partial charge is 0.427 e. The molecule has 2 fully saturated rings. The summed E-state index contributed by atoms with van der Waals surface area (Å²) in [6, 6.07) is 30.0. The maximum atomic E-state index is 12.6. The zero-order valence-corrected chi connectivity index (χ0v) is 33.5. The van der Waals surface area contributed by atoms with Gasteiger partial charge in [0.05, 0.1) is 15.6 Å². The predicted molar refractivity (Wildman–Crippen MR) is 228 cm³/mol. The molecule has 2 amide bonds. The lowest BCUT2D eigenvalue weighted by molar-refractivity contribution is -0.131. The summed E-state index contributed by atoms with van der Waals surface area (Å²) in [6.45, 7) is 4.62. The van der Waals surface area contributed by atoms with Crippen molar-refractivity contribution in [3.8, 4) is 5.75 Å². The number of hydrogen-bond acceptors (Lipinski definition) is 8. The summed E-state index contributed by atoms with van der Waals surface area (Å²) in [5, 5.41) is 12.1. The van der Waals surface area contributed by atoms with Crippen molar-refractivity contribution in [3.05, 3.63) is 136 Å². The number of anilines is 2. The maximum absolute atomic E-state index is 12.6. The van der Waals surface area contributed by atoms with Crippen molar-refractivity contribution in [3.63, 3.8) is 0 Å². The number of amides is 2. The molecule has 8 rings (SSSR count). The third-order valence-electron chi connectivity index (χ3n) is 10.2. The molecule has 2 aliphatic heterocycles. The van der Waals surface area contributed by atoms with Gasteiger partial charge in [-0.3, -0.25) is 14.4 Å². The van der Waals surface area contributed by atoms with Crippen molar-refractivity contribution in [1.82, 2.24) is 20.6 Å². The number of aromatic nitrogens is 2. The zero-order valence-electron chi connectivity index (χ0n) is 31.3. The summed E-state index contributed by atoms with van der Waals surface area (Å²) in [4.78, 5) is 50.0. The molecular formula is C44H41Cl3N6O4. The number of esters is 1. The highest BCUT2D eigenvalue weighted by Gasteiger charge is 2.25. The number of benzene rings is 4. The number of piperidine rings is 2. The van der Waals surface area contributed by atoms with Crippen LogP contribution in [0.25, 0.3) is 21.5 Å². The van der Waals surface area contributed by atoms with Crippen LogP contribution in [-0.4, -0.2) is 66.0 Å². The molecular weight excluding hydrogens is 783 g/mol. The highest BCUT2D eigenvalue weighted by atomic mass is 35.5. The molecule has 0 bridgehead atoms. The molecule has 0 unspecified atom stereocenters. The van der Waals surface area contributed by atoms with Gasteiger partial charge in [0, 0.05) is 78.9 Å². The molecule has 292 valence electrons. The molecule has 0 aliphatic carbocycles. The van der Waals surface area contributed by atoms with Crippen LogP contribution in [0.3, 0.4) is 0 Å². The molecule has 2 aromatic heterocycles. The molecule has 0 spiro atoms. The van der Waals surface area contributed by atoms with Crippen LogP contribution in [0.1, 0.15) is 53.3 Å². The van der Waals surface area contributed by atoms with E-state index in [9.17, 15) is 14.4 Å². The standard InChI is InChI=1S/C23H22ClN3O3.C21H19Cl2N3O/c1-15(28)30-20-4-2-3-17(14-20)23(29)26-19-8-11-27(12-9-19)22-21-6-5-18(24)13-16(21)7-10-25-22;22-18-7-3-6-17(19(18)23)21(27)25-15-9-12-26(13-10-15)20-16-5-2-1-4-14(16)8-11-24-20/h2-7,10,13-14,19H,8-9,11-12H2,1H3,(H,26,29);1-8,11,15H,9-10,12-13H2,(H,25,27). The number of rotatable bonds is 7. The second kappa shape index (κ2) is 18.2. The van der Waals surface area contributed by atoms with E-state index in [4.69, 9.17) is 39.5 Å². The third kappa shape index (κ3) is 9.76. The summed E-state index contributed by atoms with van der Waals surface area (Å²) in [6.07, 6.45) is 7.01. The van der Waals surface area contributed by atoms with Gasteiger partial charge >= 0.3 is 5.97 Å². The van der Waals surface area contributed by atoms with E-state index >= 15 is 0 Å². The minimum absolute atomic E-state index is 0.0792. The monoisotopic (exact) mass is 822 g/mol. The number of carbonyl (C=O) groups is 3. The Morgan fingerprint density at radius 1 is 0.649 bits per heavy atom. The van der Waals surface area contributed by atoms with Gasteiger partial charge in [-0.05, 0) is 97.1 Å². The fraction of sp³-hybridized carbons (Fsp3) is 0.250. The van der Waals surface area contributed by atoms with Crippen molar-refractivity contribution in [2.24, 2.45) is 0 Å². The SMILES string of the molecule is CC(=O)Oc1cccc(C(=O)NC2CCN(c3nccc4cc(Cl)ccc34)CC2)c1.O=C(NC1CCN(c2nccc3ccccc23)CC1)c1cccc(Cl)c1Cl. The second-order valence-corrected chi connectivity index (χ2v) is 15.3. The van der Waals surface area contributed by atoms with E-state index in [1.807, 2.05) is 48.7 Å². The molecule has 6 aromatic rings. The van der Waals surface area contributed by atoms with E-state index in [-0.39, 0.29) is 23.9 Å². The molecule has 0 atom stereocenters. The highest BCUT2D eigenvalue weighted by Crippen LogP contribution is 2.30. The predicted octanol–water partition coefficient (Wildman–Crippen LogP) is 9.15. The quantitative estimate of drug-likeness (QED) is 0.121. The number of halogens is 3. The Morgan fingerprint density at radius 3 is 1.91 bits per heavy atom. The normalized spacial score (nSPS) is 14.8. The summed E-state index contributed by atoms with van der Waals surface area (Å²) < 4.78 is 5.06. The number of fused-ring (bicyclic) bond motifs is 2. The summed E-state index contributed by atoms with van der Waals surface area (Å²) in [5.74, 6) is 1.57. The first kappa shape index (κ1) is 39.8. The Hall–Kier alpha value is -5.42. The van der Waals surface area contributed by atoms with E-state index < -0.39 is 5.97 Å². The molecule has 2 saturated heterocycles. The van der Waals surface area contributed by atoms with Gasteiger partial charge in [0.2, 0.25) is 0 Å². The number of nitrogens with zero attached hydrogens (tertiary/aromatic N) is 4. The van der Waals surface area contributed by atoms with Gasteiger partial charge in [-0.1, -0.05) is 71.2 Å². The average molecular weight is 824 g/mol. The van der Waals surface area contributed by atoms with Gasteiger partial charge in [0.1, 0.15) is 17.4 Å². The van der Waals surface area contributed by atoms with Crippen LogP contribution in [0.5, 0.6) is 5.75 Å². The van der Waals surface area contributed by atoms with E-state index in [0.29, 0.717) is 31.9 Å². The first-order valence-corrected chi connectivity index (χ1v) is 20.0. The van der Waals surface area contributed by atoms with Gasteiger partial charge in [0.15, 0.2) is 0 Å². The topological polar surface area (TPSA) is 117 Å². The van der Waals surface area contributed by atoms with Gasteiger partial charge in [-0.15, -0.1) is 0 Å². The Morgan fingerprint density at radius 2 is 1.25 bits per heavy atom. The Bertz CT molecular complexity index is 2410. The number of ether oxygens (including phenoxy) is 1. The van der Waals surface area contributed by atoms with Crippen LogP contribution in [0.15, 0.2) is 109 Å². The fourth-order valence-electron chi connectivity index (χ4n) is 7.29. The molecule has 4 aromatic carbocycles.